The maximum atomic E-state index is 12.4. The minimum atomic E-state index is -0.275. The molecule has 0 spiro atoms. The summed E-state index contributed by atoms with van der Waals surface area (Å²) in [4.78, 5) is 14.4. The van der Waals surface area contributed by atoms with Gasteiger partial charge < -0.3 is 14.8 Å². The smallest absolute Gasteiger partial charge is 0.269 e. The molecule has 1 aromatic carbocycles. The second-order valence-electron chi connectivity index (χ2n) is 5.10. The summed E-state index contributed by atoms with van der Waals surface area (Å²) in [7, 11) is 3.86. The van der Waals surface area contributed by atoms with Crippen molar-refractivity contribution in [3.63, 3.8) is 0 Å². The number of aromatic nitrogens is 1. The van der Waals surface area contributed by atoms with Crippen LogP contribution in [0, 0.1) is 11.3 Å². The van der Waals surface area contributed by atoms with Crippen LogP contribution in [0.4, 0.5) is 0 Å². The average molecular weight is 317 g/mol. The van der Waals surface area contributed by atoms with E-state index in [0.29, 0.717) is 22.8 Å². The van der Waals surface area contributed by atoms with Gasteiger partial charge in [0.05, 0.1) is 5.56 Å². The van der Waals surface area contributed by atoms with Crippen molar-refractivity contribution < 1.29 is 4.79 Å². The van der Waals surface area contributed by atoms with E-state index in [4.69, 9.17) is 11.6 Å². The van der Waals surface area contributed by atoms with Gasteiger partial charge in [-0.2, -0.15) is 5.26 Å². The molecular weight excluding hydrogens is 300 g/mol. The highest BCUT2D eigenvalue weighted by atomic mass is 35.5. The molecule has 114 valence electrons. The predicted octanol–water partition coefficient (Wildman–Crippen LogP) is 2.29. The largest absolute Gasteiger partial charge is 0.349 e. The molecule has 0 aliphatic heterocycles. The molecule has 0 saturated carbocycles. The van der Waals surface area contributed by atoms with E-state index in [1.54, 1.807) is 35.0 Å². The molecule has 0 radical (unpaired) electrons. The molecule has 1 aromatic heterocycles. The van der Waals surface area contributed by atoms with E-state index in [2.05, 4.69) is 11.4 Å². The summed E-state index contributed by atoms with van der Waals surface area (Å²) in [6.45, 7) is 1.24. The zero-order chi connectivity index (χ0) is 16.1. The van der Waals surface area contributed by atoms with Crippen molar-refractivity contribution in [3.8, 4) is 11.8 Å². The van der Waals surface area contributed by atoms with Crippen LogP contribution in [-0.2, 0) is 0 Å². The van der Waals surface area contributed by atoms with Crippen LogP contribution in [0.5, 0.6) is 0 Å². The van der Waals surface area contributed by atoms with Crippen LogP contribution >= 0.6 is 11.6 Å². The van der Waals surface area contributed by atoms with Crippen LogP contribution in [0.3, 0.4) is 0 Å². The molecule has 2 rings (SSSR count). The van der Waals surface area contributed by atoms with Crippen molar-refractivity contribution in [1.29, 1.82) is 5.26 Å². The van der Waals surface area contributed by atoms with E-state index in [1.807, 2.05) is 25.1 Å². The molecule has 1 amide bonds. The molecule has 0 saturated heterocycles. The summed E-state index contributed by atoms with van der Waals surface area (Å²) in [6, 6.07) is 10.8. The van der Waals surface area contributed by atoms with Crippen molar-refractivity contribution in [2.75, 3.05) is 27.2 Å². The minimum Gasteiger partial charge on any atom is -0.349 e. The van der Waals surface area contributed by atoms with Crippen LogP contribution < -0.4 is 5.32 Å². The van der Waals surface area contributed by atoms with Crippen LogP contribution in [0.15, 0.2) is 36.5 Å². The van der Waals surface area contributed by atoms with Crippen LogP contribution in [0.2, 0.25) is 5.02 Å². The fourth-order valence-electron chi connectivity index (χ4n) is 2.07. The number of benzene rings is 1. The van der Waals surface area contributed by atoms with Crippen LogP contribution in [-0.4, -0.2) is 42.6 Å². The van der Waals surface area contributed by atoms with Crippen LogP contribution in [0.25, 0.3) is 5.69 Å². The van der Waals surface area contributed by atoms with Crippen LogP contribution in [0.1, 0.15) is 16.1 Å². The first kappa shape index (κ1) is 16.1. The lowest BCUT2D eigenvalue weighted by molar-refractivity contribution is 0.0944. The number of nitriles is 1. The molecule has 5 nitrogen and oxygen atoms in total. The lowest BCUT2D eigenvalue weighted by atomic mass is 10.2. The Labute approximate surface area is 134 Å². The standard InChI is InChI=1S/C16H17ClN4O/c1-20(2)9-7-19-16(22)15-12(11-18)6-8-21(15)14-5-3-4-13(17)10-14/h3-6,8,10H,7,9H2,1-2H3,(H,19,22). The summed E-state index contributed by atoms with van der Waals surface area (Å²) >= 11 is 6.00. The van der Waals surface area contributed by atoms with Crippen molar-refractivity contribution in [1.82, 2.24) is 14.8 Å². The summed E-state index contributed by atoms with van der Waals surface area (Å²) in [6.07, 6.45) is 1.70. The second-order valence-corrected chi connectivity index (χ2v) is 5.54. The van der Waals surface area contributed by atoms with E-state index >= 15 is 0 Å². The summed E-state index contributed by atoms with van der Waals surface area (Å²) in [5, 5.41) is 12.6. The zero-order valence-electron chi connectivity index (χ0n) is 12.5. The number of rotatable bonds is 5. The number of hydrogen-bond donors (Lipinski definition) is 1. The molecule has 6 heteroatoms. The number of halogens is 1. The Kier molecular flexibility index (Phi) is 5.21. The number of nitrogens with zero attached hydrogens (tertiary/aromatic N) is 3. The maximum Gasteiger partial charge on any atom is 0.269 e. The van der Waals surface area contributed by atoms with Gasteiger partial charge in [0.15, 0.2) is 0 Å². The van der Waals surface area contributed by atoms with Gasteiger partial charge in [0.2, 0.25) is 0 Å². The number of carbonyl (C=O) groups is 1. The molecule has 0 bridgehead atoms. The van der Waals surface area contributed by atoms with E-state index in [9.17, 15) is 10.1 Å². The van der Waals surface area contributed by atoms with E-state index in [1.165, 1.54) is 0 Å². The van der Waals surface area contributed by atoms with Gasteiger partial charge >= 0.3 is 0 Å². The third-order valence-corrected chi connectivity index (χ3v) is 3.39. The first-order valence-electron chi connectivity index (χ1n) is 6.83. The summed E-state index contributed by atoms with van der Waals surface area (Å²) in [5.74, 6) is -0.275. The Morgan fingerprint density at radius 3 is 2.82 bits per heavy atom. The highest BCUT2D eigenvalue weighted by Crippen LogP contribution is 2.20. The Morgan fingerprint density at radius 1 is 1.41 bits per heavy atom. The summed E-state index contributed by atoms with van der Waals surface area (Å²) < 4.78 is 1.68. The number of likely N-dealkylation sites (N-methyl/N-ethyl adjacent to an activating group) is 1. The Morgan fingerprint density at radius 2 is 2.18 bits per heavy atom. The number of nitrogens with one attached hydrogen (secondary N) is 1. The quantitative estimate of drug-likeness (QED) is 0.920. The monoisotopic (exact) mass is 316 g/mol. The number of carbonyl (C=O) groups excluding carboxylic acids is 1. The topological polar surface area (TPSA) is 61.1 Å². The van der Waals surface area contributed by atoms with Crippen molar-refractivity contribution in [3.05, 3.63) is 52.8 Å². The van der Waals surface area contributed by atoms with Gasteiger partial charge in [-0.15, -0.1) is 0 Å². The Bertz CT molecular complexity index is 715. The molecule has 1 N–H and O–H groups in total. The van der Waals surface area contributed by atoms with E-state index in [-0.39, 0.29) is 5.91 Å². The fourth-order valence-corrected chi connectivity index (χ4v) is 2.26. The van der Waals surface area contributed by atoms with Crippen molar-refractivity contribution in [2.24, 2.45) is 0 Å². The molecular formula is C16H17ClN4O. The maximum absolute atomic E-state index is 12.4. The van der Waals surface area contributed by atoms with Crippen molar-refractivity contribution >= 4 is 17.5 Å². The third kappa shape index (κ3) is 3.67. The molecule has 0 aliphatic rings. The van der Waals surface area contributed by atoms with Gasteiger partial charge in [-0.1, -0.05) is 17.7 Å². The molecule has 22 heavy (non-hydrogen) atoms. The first-order valence-corrected chi connectivity index (χ1v) is 7.21. The normalized spacial score (nSPS) is 10.5. The third-order valence-electron chi connectivity index (χ3n) is 3.15. The SMILES string of the molecule is CN(C)CCNC(=O)c1c(C#N)ccn1-c1cccc(Cl)c1. The lowest BCUT2D eigenvalue weighted by Crippen LogP contribution is -2.32. The molecule has 0 fully saturated rings. The predicted molar refractivity (Wildman–Crippen MR) is 86.4 cm³/mol. The number of amides is 1. The molecule has 0 aliphatic carbocycles. The van der Waals surface area contributed by atoms with Gasteiger partial charge in [-0.3, -0.25) is 4.79 Å². The zero-order valence-corrected chi connectivity index (χ0v) is 13.3. The van der Waals surface area contributed by atoms with E-state index in [0.717, 1.165) is 12.2 Å². The lowest BCUT2D eigenvalue weighted by Gasteiger charge is -2.13. The van der Waals surface area contributed by atoms with Crippen molar-refractivity contribution in [2.45, 2.75) is 0 Å². The van der Waals surface area contributed by atoms with Gasteiger partial charge in [0.1, 0.15) is 11.8 Å². The Hall–Kier alpha value is -2.29. The minimum absolute atomic E-state index is 0.275. The van der Waals surface area contributed by atoms with Gasteiger partial charge in [0.25, 0.3) is 5.91 Å². The highest BCUT2D eigenvalue weighted by Gasteiger charge is 2.18. The Balaban J connectivity index is 2.32. The molecule has 2 aromatic rings. The summed E-state index contributed by atoms with van der Waals surface area (Å²) in [5.41, 5.74) is 1.40. The molecule has 0 unspecified atom stereocenters. The first-order chi connectivity index (χ1) is 10.5. The average Bonchev–Trinajstić information content (AvgIpc) is 2.90. The van der Waals surface area contributed by atoms with Gasteiger partial charge in [-0.25, -0.2) is 0 Å². The second kappa shape index (κ2) is 7.12. The van der Waals surface area contributed by atoms with Gasteiger partial charge in [-0.05, 0) is 38.4 Å². The van der Waals surface area contributed by atoms with Gasteiger partial charge in [0, 0.05) is 30.0 Å². The fraction of sp³-hybridized carbons (Fsp3) is 0.250. The molecule has 1 heterocycles. The van der Waals surface area contributed by atoms with E-state index < -0.39 is 0 Å². The molecule has 0 atom stereocenters. The number of hydrogen-bond acceptors (Lipinski definition) is 3. The highest BCUT2D eigenvalue weighted by molar-refractivity contribution is 6.30.